The highest BCUT2D eigenvalue weighted by molar-refractivity contribution is 7.80. The van der Waals surface area contributed by atoms with E-state index in [0.29, 0.717) is 5.11 Å². The number of hydrogen-bond donors (Lipinski definition) is 2. The van der Waals surface area contributed by atoms with Gasteiger partial charge in [-0.25, -0.2) is 4.79 Å². The summed E-state index contributed by atoms with van der Waals surface area (Å²) in [6.45, 7) is 3.21. The number of benzene rings is 2. The van der Waals surface area contributed by atoms with E-state index in [1.54, 1.807) is 24.4 Å². The van der Waals surface area contributed by atoms with Gasteiger partial charge in [-0.15, -0.1) is 0 Å². The Balaban J connectivity index is 1.42. The van der Waals surface area contributed by atoms with Crippen molar-refractivity contribution >= 4 is 34.7 Å². The van der Waals surface area contributed by atoms with E-state index in [4.69, 9.17) is 17.0 Å². The lowest BCUT2D eigenvalue weighted by molar-refractivity contribution is 0.0697. The highest BCUT2D eigenvalue weighted by atomic mass is 32.1. The second kappa shape index (κ2) is 10.3. The zero-order valence-corrected chi connectivity index (χ0v) is 21.4. The first-order valence-corrected chi connectivity index (χ1v) is 13.0. The van der Waals surface area contributed by atoms with E-state index in [9.17, 15) is 9.90 Å². The summed E-state index contributed by atoms with van der Waals surface area (Å²) in [6, 6.07) is 24.9. The predicted octanol–water partition coefficient (Wildman–Crippen LogP) is 4.58. The molecule has 0 aliphatic carbocycles. The fourth-order valence-electron chi connectivity index (χ4n) is 5.24. The molecular formula is C29H27N5O3S. The zero-order chi connectivity index (χ0) is 26.1. The van der Waals surface area contributed by atoms with Crippen molar-refractivity contribution in [2.75, 3.05) is 36.1 Å². The minimum Gasteiger partial charge on any atom is -0.478 e. The maximum Gasteiger partial charge on any atom is 0.335 e. The summed E-state index contributed by atoms with van der Waals surface area (Å²) >= 11 is 5.90. The van der Waals surface area contributed by atoms with Gasteiger partial charge in [0.05, 0.1) is 30.5 Å². The van der Waals surface area contributed by atoms with Gasteiger partial charge < -0.3 is 29.5 Å². The minimum atomic E-state index is -0.961. The molecule has 9 heteroatoms. The monoisotopic (exact) mass is 525 g/mol. The molecule has 4 aromatic rings. The SMILES string of the molecule is O=C(O)c1cccc(-n2cccc2[C@@H]2[C@H](c3ccccn3)NC(=S)N2c2ccc(N3CCOCC3)cc2)c1. The van der Waals surface area contributed by atoms with Crippen LogP contribution in [-0.4, -0.2) is 52.0 Å². The van der Waals surface area contributed by atoms with Crippen LogP contribution in [0.4, 0.5) is 11.4 Å². The Labute approximate surface area is 226 Å². The topological polar surface area (TPSA) is 82.9 Å². The van der Waals surface area contributed by atoms with Crippen LogP contribution in [0.1, 0.15) is 33.8 Å². The van der Waals surface area contributed by atoms with Crippen LogP contribution in [0.25, 0.3) is 5.69 Å². The van der Waals surface area contributed by atoms with Crippen LogP contribution < -0.4 is 15.1 Å². The number of carbonyl (C=O) groups is 1. The number of nitrogens with zero attached hydrogens (tertiary/aromatic N) is 4. The number of rotatable bonds is 6. The molecule has 6 rings (SSSR count). The van der Waals surface area contributed by atoms with Crippen LogP contribution in [0.3, 0.4) is 0 Å². The number of thiocarbonyl (C=S) groups is 1. The third kappa shape index (κ3) is 4.51. The molecule has 8 nitrogen and oxygen atoms in total. The van der Waals surface area contributed by atoms with E-state index in [0.717, 1.165) is 54.8 Å². The van der Waals surface area contributed by atoms with E-state index in [1.807, 2.05) is 41.1 Å². The first-order valence-electron chi connectivity index (χ1n) is 12.5. The molecule has 0 radical (unpaired) electrons. The Hall–Kier alpha value is -4.21. The van der Waals surface area contributed by atoms with Crippen molar-refractivity contribution in [3.8, 4) is 5.69 Å². The molecule has 2 atom stereocenters. The van der Waals surface area contributed by atoms with Crippen LogP contribution in [0.2, 0.25) is 0 Å². The average Bonchev–Trinajstić information content (AvgIpc) is 3.58. The van der Waals surface area contributed by atoms with E-state index < -0.39 is 5.97 Å². The molecule has 2 aromatic heterocycles. The molecule has 0 saturated carbocycles. The van der Waals surface area contributed by atoms with Crippen LogP contribution in [0, 0.1) is 0 Å². The van der Waals surface area contributed by atoms with Crippen LogP contribution >= 0.6 is 12.2 Å². The van der Waals surface area contributed by atoms with Crippen molar-refractivity contribution in [3.05, 3.63) is 108 Å². The molecule has 192 valence electrons. The van der Waals surface area contributed by atoms with Crippen molar-refractivity contribution in [2.24, 2.45) is 0 Å². The summed E-state index contributed by atoms with van der Waals surface area (Å²) in [6.07, 6.45) is 3.74. The smallest absolute Gasteiger partial charge is 0.335 e. The Morgan fingerprint density at radius 1 is 0.947 bits per heavy atom. The molecule has 2 aliphatic heterocycles. The van der Waals surface area contributed by atoms with Gasteiger partial charge in [0, 0.05) is 48.2 Å². The van der Waals surface area contributed by atoms with Crippen LogP contribution in [-0.2, 0) is 4.74 Å². The predicted molar refractivity (Wildman–Crippen MR) is 150 cm³/mol. The van der Waals surface area contributed by atoms with Gasteiger partial charge in [0.25, 0.3) is 0 Å². The number of carboxylic acids is 1. The first kappa shape index (κ1) is 24.1. The largest absolute Gasteiger partial charge is 0.478 e. The number of aromatic nitrogens is 2. The Morgan fingerprint density at radius 3 is 2.47 bits per heavy atom. The normalized spacial score (nSPS) is 19.4. The third-order valence-corrected chi connectivity index (χ3v) is 7.37. The van der Waals surface area contributed by atoms with Gasteiger partial charge >= 0.3 is 5.97 Å². The third-order valence-electron chi connectivity index (χ3n) is 7.06. The summed E-state index contributed by atoms with van der Waals surface area (Å²) in [5.41, 5.74) is 4.97. The Kier molecular flexibility index (Phi) is 6.53. The van der Waals surface area contributed by atoms with Gasteiger partial charge in [0.2, 0.25) is 0 Å². The van der Waals surface area contributed by atoms with Crippen LogP contribution in [0.5, 0.6) is 0 Å². The van der Waals surface area contributed by atoms with Gasteiger partial charge in [0.15, 0.2) is 5.11 Å². The number of pyridine rings is 1. The van der Waals surface area contributed by atoms with Gasteiger partial charge in [-0.1, -0.05) is 12.1 Å². The Bertz CT molecular complexity index is 1450. The van der Waals surface area contributed by atoms with E-state index in [-0.39, 0.29) is 17.6 Å². The lowest BCUT2D eigenvalue weighted by atomic mass is 10.0. The van der Waals surface area contributed by atoms with Crippen LogP contribution in [0.15, 0.2) is 91.3 Å². The van der Waals surface area contributed by atoms with E-state index >= 15 is 0 Å². The number of nitrogens with one attached hydrogen (secondary N) is 1. The maximum atomic E-state index is 11.7. The molecule has 0 amide bonds. The molecule has 4 heterocycles. The summed E-state index contributed by atoms with van der Waals surface area (Å²) in [5.74, 6) is -0.961. The fourth-order valence-corrected chi connectivity index (χ4v) is 5.58. The highest BCUT2D eigenvalue weighted by Gasteiger charge is 2.42. The number of carboxylic acid groups (broad SMARTS) is 1. The van der Waals surface area contributed by atoms with Gasteiger partial charge in [0.1, 0.15) is 6.04 Å². The van der Waals surface area contributed by atoms with Crippen molar-refractivity contribution in [1.29, 1.82) is 0 Å². The highest BCUT2D eigenvalue weighted by Crippen LogP contribution is 2.42. The molecule has 2 aromatic carbocycles. The standard InChI is InChI=1S/C29H27N5O3S/c35-28(36)20-5-3-6-23(19-20)33-14-4-8-25(33)27-26(24-7-1-2-13-30-24)31-29(38)34(27)22-11-9-21(10-12-22)32-15-17-37-18-16-32/h1-14,19,26-27H,15-18H2,(H,31,38)(H,35,36)/t26-,27+/m0/s1. The quantitative estimate of drug-likeness (QED) is 0.354. The summed E-state index contributed by atoms with van der Waals surface area (Å²) in [7, 11) is 0. The maximum absolute atomic E-state index is 11.7. The number of morpholine rings is 1. The fraction of sp³-hybridized carbons (Fsp3) is 0.207. The van der Waals surface area contributed by atoms with Gasteiger partial charge in [-0.05, 0) is 78.9 Å². The number of aromatic carboxylic acids is 1. The zero-order valence-electron chi connectivity index (χ0n) is 20.6. The number of ether oxygens (including phenoxy) is 1. The summed E-state index contributed by atoms with van der Waals surface area (Å²) in [5, 5.41) is 13.7. The van der Waals surface area contributed by atoms with Crippen molar-refractivity contribution in [3.63, 3.8) is 0 Å². The molecule has 2 aliphatic rings. The molecule has 0 unspecified atom stereocenters. The molecule has 0 bridgehead atoms. The lowest BCUT2D eigenvalue weighted by Gasteiger charge is -2.31. The van der Waals surface area contributed by atoms with Crippen molar-refractivity contribution in [2.45, 2.75) is 12.1 Å². The summed E-state index contributed by atoms with van der Waals surface area (Å²) in [4.78, 5) is 20.8. The molecule has 2 saturated heterocycles. The first-order chi connectivity index (χ1) is 18.6. The van der Waals surface area contributed by atoms with Gasteiger partial charge in [-0.2, -0.15) is 0 Å². The van der Waals surface area contributed by atoms with Crippen molar-refractivity contribution in [1.82, 2.24) is 14.9 Å². The minimum absolute atomic E-state index is 0.209. The average molecular weight is 526 g/mol. The Morgan fingerprint density at radius 2 is 1.74 bits per heavy atom. The van der Waals surface area contributed by atoms with E-state index in [1.165, 1.54) is 0 Å². The second-order valence-electron chi connectivity index (χ2n) is 9.27. The molecule has 38 heavy (non-hydrogen) atoms. The second-order valence-corrected chi connectivity index (χ2v) is 9.66. The molecule has 0 spiro atoms. The van der Waals surface area contributed by atoms with Gasteiger partial charge in [-0.3, -0.25) is 4.98 Å². The molecule has 2 fully saturated rings. The number of anilines is 2. The lowest BCUT2D eigenvalue weighted by Crippen LogP contribution is -2.36. The molecule has 2 N–H and O–H groups in total. The van der Waals surface area contributed by atoms with Crippen molar-refractivity contribution < 1.29 is 14.6 Å². The molecular weight excluding hydrogens is 498 g/mol. The van der Waals surface area contributed by atoms with E-state index in [2.05, 4.69) is 50.4 Å². The number of hydrogen-bond acceptors (Lipinski definition) is 5. The summed E-state index contributed by atoms with van der Waals surface area (Å²) < 4.78 is 7.53.